The molecule has 0 aliphatic carbocycles. The zero-order chi connectivity index (χ0) is 14.1. The second-order valence-corrected chi connectivity index (χ2v) is 5.30. The molecule has 1 N–H and O–H groups in total. The number of carboxylic acids is 1. The second kappa shape index (κ2) is 6.75. The Kier molecular flexibility index (Phi) is 5.22. The van der Waals surface area contributed by atoms with E-state index < -0.39 is 5.97 Å². The number of rotatable bonds is 3. The summed E-state index contributed by atoms with van der Waals surface area (Å²) in [6, 6.07) is 7.74. The summed E-state index contributed by atoms with van der Waals surface area (Å²) in [5, 5.41) is 10.4. The first kappa shape index (κ1) is 16.2. The molecule has 0 amide bonds. The number of halogens is 1. The Morgan fingerprint density at radius 2 is 2.14 bits per heavy atom. The van der Waals surface area contributed by atoms with Crippen LogP contribution >= 0.6 is 15.9 Å². The van der Waals surface area contributed by atoms with Crippen molar-refractivity contribution in [2.45, 2.75) is 6.42 Å². The third kappa shape index (κ3) is 3.37. The van der Waals surface area contributed by atoms with Crippen LogP contribution in [0.1, 0.15) is 21.7 Å². The minimum absolute atomic E-state index is 0. The molecule has 2 heterocycles. The Morgan fingerprint density at radius 1 is 1.33 bits per heavy atom. The van der Waals surface area contributed by atoms with E-state index in [4.69, 9.17) is 9.52 Å². The summed E-state index contributed by atoms with van der Waals surface area (Å²) in [4.78, 5) is 15.2. The number of carbonyl (C=O) groups is 1. The van der Waals surface area contributed by atoms with Crippen molar-refractivity contribution >= 4 is 62.2 Å². The molecule has 0 fully saturated rings. The van der Waals surface area contributed by atoms with E-state index in [-0.39, 0.29) is 35.3 Å². The van der Waals surface area contributed by atoms with E-state index in [1.807, 2.05) is 30.5 Å². The molecule has 0 unspecified atom stereocenters. The van der Waals surface area contributed by atoms with Crippen molar-refractivity contribution in [1.29, 1.82) is 0 Å². The van der Waals surface area contributed by atoms with Crippen LogP contribution in [0.2, 0.25) is 0 Å². The molecule has 0 radical (unpaired) electrons. The van der Waals surface area contributed by atoms with Crippen molar-refractivity contribution in [1.82, 2.24) is 4.98 Å². The van der Waals surface area contributed by atoms with Crippen molar-refractivity contribution in [2.75, 3.05) is 0 Å². The molecule has 0 aliphatic heterocycles. The van der Waals surface area contributed by atoms with E-state index in [2.05, 4.69) is 20.9 Å². The fourth-order valence-electron chi connectivity index (χ4n) is 2.20. The molecule has 0 saturated heterocycles. The Hall–Kier alpha value is -1.14. The van der Waals surface area contributed by atoms with Crippen LogP contribution in [0.3, 0.4) is 0 Å². The summed E-state index contributed by atoms with van der Waals surface area (Å²) in [7, 11) is 0. The SMILES string of the molecule is O=C(O)c1occ2cc(Cc3cccnc3)cc(Br)c12.[NaH]. The van der Waals surface area contributed by atoms with Crippen molar-refractivity contribution in [3.05, 3.63) is 64.3 Å². The Bertz CT molecular complexity index is 786. The number of fused-ring (bicyclic) bond motifs is 1. The average Bonchev–Trinajstić information content (AvgIpc) is 2.84. The first-order chi connectivity index (χ1) is 9.65. The van der Waals surface area contributed by atoms with Gasteiger partial charge in [0.15, 0.2) is 0 Å². The van der Waals surface area contributed by atoms with Gasteiger partial charge in [0.2, 0.25) is 5.76 Å². The molecule has 1 aromatic carbocycles. The third-order valence-electron chi connectivity index (χ3n) is 3.04. The summed E-state index contributed by atoms with van der Waals surface area (Å²) in [5.41, 5.74) is 2.16. The molecule has 3 rings (SSSR count). The quantitative estimate of drug-likeness (QED) is 0.732. The summed E-state index contributed by atoms with van der Waals surface area (Å²) >= 11 is 3.42. The van der Waals surface area contributed by atoms with E-state index in [1.54, 1.807) is 6.20 Å². The van der Waals surface area contributed by atoms with Gasteiger partial charge in [-0.2, -0.15) is 0 Å². The van der Waals surface area contributed by atoms with Crippen LogP contribution in [0.25, 0.3) is 10.8 Å². The van der Waals surface area contributed by atoms with Gasteiger partial charge in [-0.25, -0.2) is 4.79 Å². The third-order valence-corrected chi connectivity index (χ3v) is 3.66. The van der Waals surface area contributed by atoms with Gasteiger partial charge in [0.25, 0.3) is 0 Å². The number of pyridine rings is 1. The maximum absolute atomic E-state index is 11.1. The summed E-state index contributed by atoms with van der Waals surface area (Å²) in [6.45, 7) is 0. The van der Waals surface area contributed by atoms with Crippen molar-refractivity contribution in [3.8, 4) is 0 Å². The van der Waals surface area contributed by atoms with Gasteiger partial charge in [0.05, 0.1) is 6.26 Å². The zero-order valence-corrected chi connectivity index (χ0v) is 11.9. The predicted molar refractivity (Wildman–Crippen MR) is 85.1 cm³/mol. The summed E-state index contributed by atoms with van der Waals surface area (Å²) in [5.74, 6) is -1.11. The zero-order valence-electron chi connectivity index (χ0n) is 10.3. The number of benzene rings is 1. The van der Waals surface area contributed by atoms with Gasteiger partial charge in [-0.05, 0) is 51.7 Å². The number of aromatic carboxylic acids is 1. The van der Waals surface area contributed by atoms with Gasteiger partial charge in [-0.3, -0.25) is 4.98 Å². The van der Waals surface area contributed by atoms with Crippen molar-refractivity contribution in [3.63, 3.8) is 0 Å². The van der Waals surface area contributed by atoms with Crippen LogP contribution in [0.4, 0.5) is 0 Å². The molecule has 2 aromatic heterocycles. The number of hydrogen-bond donors (Lipinski definition) is 1. The minimum atomic E-state index is -1.07. The van der Waals surface area contributed by atoms with Gasteiger partial charge in [-0.15, -0.1) is 0 Å². The van der Waals surface area contributed by atoms with E-state index in [0.717, 1.165) is 27.4 Å². The van der Waals surface area contributed by atoms with Gasteiger partial charge >= 0.3 is 35.5 Å². The Balaban J connectivity index is 0.00000161. The normalized spacial score (nSPS) is 10.3. The van der Waals surface area contributed by atoms with E-state index in [0.29, 0.717) is 5.39 Å². The maximum atomic E-state index is 11.1. The topological polar surface area (TPSA) is 63.3 Å². The summed E-state index contributed by atoms with van der Waals surface area (Å²) < 4.78 is 5.84. The predicted octanol–water partition coefficient (Wildman–Crippen LogP) is 3.23. The number of furan rings is 1. The van der Waals surface area contributed by atoms with Crippen LogP contribution in [-0.4, -0.2) is 45.6 Å². The van der Waals surface area contributed by atoms with Crippen LogP contribution in [0.15, 0.2) is 51.8 Å². The van der Waals surface area contributed by atoms with Gasteiger partial charge in [-0.1, -0.05) is 6.07 Å². The molecule has 0 spiro atoms. The van der Waals surface area contributed by atoms with Crippen LogP contribution < -0.4 is 0 Å². The molecule has 21 heavy (non-hydrogen) atoms. The second-order valence-electron chi connectivity index (χ2n) is 4.45. The van der Waals surface area contributed by atoms with Crippen LogP contribution in [-0.2, 0) is 6.42 Å². The molecular weight excluding hydrogens is 345 g/mol. The molecule has 6 heteroatoms. The number of carboxylic acid groups (broad SMARTS) is 1. The Morgan fingerprint density at radius 3 is 2.81 bits per heavy atom. The number of hydrogen-bond acceptors (Lipinski definition) is 3. The van der Waals surface area contributed by atoms with Gasteiger partial charge < -0.3 is 9.52 Å². The molecule has 0 saturated carbocycles. The summed E-state index contributed by atoms with van der Waals surface area (Å²) in [6.07, 6.45) is 5.75. The Labute approximate surface area is 151 Å². The number of aromatic nitrogens is 1. The molecule has 4 nitrogen and oxygen atoms in total. The molecular formula is C15H11BrNNaO3. The standard InChI is InChI=1S/C15H10BrNO3.Na.H/c16-12-6-10(4-9-2-1-3-17-7-9)5-11-8-20-14(13(11)12)15(18)19;;/h1-3,5-8H,4H2,(H,18,19);;. The average molecular weight is 356 g/mol. The van der Waals surface area contributed by atoms with Crippen molar-refractivity contribution in [2.24, 2.45) is 0 Å². The first-order valence-electron chi connectivity index (χ1n) is 5.97. The molecule has 102 valence electrons. The molecule has 0 atom stereocenters. The van der Waals surface area contributed by atoms with Crippen molar-refractivity contribution < 1.29 is 14.3 Å². The first-order valence-corrected chi connectivity index (χ1v) is 6.76. The monoisotopic (exact) mass is 355 g/mol. The fourth-order valence-corrected chi connectivity index (χ4v) is 2.90. The van der Waals surface area contributed by atoms with Crippen LogP contribution in [0.5, 0.6) is 0 Å². The van der Waals surface area contributed by atoms with E-state index in [1.165, 1.54) is 6.26 Å². The fraction of sp³-hybridized carbons (Fsp3) is 0.0667. The van der Waals surface area contributed by atoms with Gasteiger partial charge in [0, 0.05) is 27.6 Å². The number of nitrogens with zero attached hydrogens (tertiary/aromatic N) is 1. The van der Waals surface area contributed by atoms with E-state index in [9.17, 15) is 4.79 Å². The molecule has 0 bridgehead atoms. The molecule has 0 aliphatic rings. The van der Waals surface area contributed by atoms with E-state index >= 15 is 0 Å². The van der Waals surface area contributed by atoms with Crippen LogP contribution in [0, 0.1) is 0 Å². The molecule has 3 aromatic rings. The van der Waals surface area contributed by atoms with Gasteiger partial charge in [0.1, 0.15) is 0 Å².